The van der Waals surface area contributed by atoms with Gasteiger partial charge in [0, 0.05) is 17.0 Å². The van der Waals surface area contributed by atoms with Crippen LogP contribution in [-0.4, -0.2) is 58.0 Å². The molecule has 4 aromatic carbocycles. The molecule has 12 heteroatoms. The quantitative estimate of drug-likeness (QED) is 0.172. The highest BCUT2D eigenvalue weighted by molar-refractivity contribution is 7.09. The molecule has 47 heavy (non-hydrogen) atoms. The molecule has 11 nitrogen and oxygen atoms in total. The predicted molar refractivity (Wildman–Crippen MR) is 180 cm³/mol. The Labute approximate surface area is 275 Å². The summed E-state index contributed by atoms with van der Waals surface area (Å²) in [7, 11) is 4.63. The first-order valence-corrected chi connectivity index (χ1v) is 15.6. The van der Waals surface area contributed by atoms with Gasteiger partial charge in [-0.05, 0) is 42.0 Å². The monoisotopic (exact) mass is 648 g/mol. The summed E-state index contributed by atoms with van der Waals surface area (Å²) in [6, 6.07) is 28.3. The number of fused-ring (bicyclic) bond motifs is 1. The molecule has 0 saturated heterocycles. The van der Waals surface area contributed by atoms with E-state index >= 15 is 0 Å². The third-order valence-corrected chi connectivity index (χ3v) is 8.44. The molecular formula is C35H32N6O5S. The number of thiazole rings is 1. The van der Waals surface area contributed by atoms with E-state index in [-0.39, 0.29) is 19.0 Å². The summed E-state index contributed by atoms with van der Waals surface area (Å²) in [6.07, 6.45) is 0. The average Bonchev–Trinajstić information content (AvgIpc) is 3.76. The molecule has 238 valence electrons. The van der Waals surface area contributed by atoms with Crippen LogP contribution in [0.15, 0.2) is 102 Å². The average molecular weight is 649 g/mol. The first kappa shape index (κ1) is 31.2. The van der Waals surface area contributed by atoms with Gasteiger partial charge >= 0.3 is 0 Å². The molecule has 1 N–H and O–H groups in total. The predicted octanol–water partition coefficient (Wildman–Crippen LogP) is 5.99. The maximum atomic E-state index is 14.4. The summed E-state index contributed by atoms with van der Waals surface area (Å²) in [5.41, 5.74) is 4.11. The Bertz CT molecular complexity index is 1990. The van der Waals surface area contributed by atoms with Crippen molar-refractivity contribution in [3.63, 3.8) is 0 Å². The third-order valence-electron chi connectivity index (χ3n) is 7.61. The van der Waals surface area contributed by atoms with Gasteiger partial charge in [0.05, 0.1) is 44.8 Å². The first-order valence-electron chi connectivity index (χ1n) is 14.7. The fraction of sp³-hybridized carbons (Fsp3) is 0.171. The Morgan fingerprint density at radius 1 is 0.872 bits per heavy atom. The van der Waals surface area contributed by atoms with Crippen LogP contribution in [0.1, 0.15) is 16.6 Å². The lowest BCUT2D eigenvalue weighted by atomic mass is 10.0. The fourth-order valence-electron chi connectivity index (χ4n) is 5.21. The van der Waals surface area contributed by atoms with Crippen LogP contribution in [0.3, 0.4) is 0 Å². The molecule has 2 amide bonds. The van der Waals surface area contributed by atoms with E-state index in [0.717, 1.165) is 11.3 Å². The standard InChI is InChI=1S/C35H32N6O5S/c1-44-25-15-13-24(14-16-25)34(35(43)37-28-18-17-26(45-2)19-31(28)46-3)40(20-32-36-29(22-47-32)23-9-5-4-6-10-23)33(42)21-41-30-12-8-7-11-27(30)38-39-41/h4-19,22,34H,20-21H2,1-3H3,(H,37,43)/t34-/m1/s1. The lowest BCUT2D eigenvalue weighted by Gasteiger charge is -2.31. The van der Waals surface area contributed by atoms with Gasteiger partial charge in [-0.25, -0.2) is 9.67 Å². The maximum absolute atomic E-state index is 14.4. The number of aromatic nitrogens is 4. The number of amides is 2. The van der Waals surface area contributed by atoms with Crippen molar-refractivity contribution in [2.24, 2.45) is 0 Å². The molecule has 0 bridgehead atoms. The van der Waals surface area contributed by atoms with Gasteiger partial charge in [-0.3, -0.25) is 9.59 Å². The molecule has 0 aliphatic heterocycles. The van der Waals surface area contributed by atoms with Crippen molar-refractivity contribution in [1.82, 2.24) is 24.9 Å². The van der Waals surface area contributed by atoms with Crippen LogP contribution < -0.4 is 19.5 Å². The van der Waals surface area contributed by atoms with Crippen molar-refractivity contribution in [2.45, 2.75) is 19.1 Å². The minimum Gasteiger partial charge on any atom is -0.497 e. The number of rotatable bonds is 12. The van der Waals surface area contributed by atoms with E-state index < -0.39 is 11.9 Å². The molecule has 1 atom stereocenters. The van der Waals surface area contributed by atoms with Crippen LogP contribution in [0.2, 0.25) is 0 Å². The van der Waals surface area contributed by atoms with Gasteiger partial charge in [-0.15, -0.1) is 16.4 Å². The van der Waals surface area contributed by atoms with Crippen molar-refractivity contribution in [3.05, 3.63) is 113 Å². The van der Waals surface area contributed by atoms with E-state index in [1.807, 2.05) is 60.0 Å². The normalized spacial score (nSPS) is 11.6. The van der Waals surface area contributed by atoms with Crippen LogP contribution in [0.4, 0.5) is 5.69 Å². The van der Waals surface area contributed by atoms with E-state index in [4.69, 9.17) is 19.2 Å². The van der Waals surface area contributed by atoms with Gasteiger partial charge in [-0.2, -0.15) is 0 Å². The second kappa shape index (κ2) is 14.1. The first-order chi connectivity index (χ1) is 23.0. The van der Waals surface area contributed by atoms with Crippen LogP contribution in [0, 0.1) is 0 Å². The Kier molecular flexibility index (Phi) is 9.39. The molecule has 0 radical (unpaired) electrons. The summed E-state index contributed by atoms with van der Waals surface area (Å²) in [4.78, 5) is 35.2. The number of hydrogen-bond acceptors (Lipinski definition) is 9. The molecule has 0 saturated carbocycles. The maximum Gasteiger partial charge on any atom is 0.251 e. The van der Waals surface area contributed by atoms with Crippen molar-refractivity contribution in [1.29, 1.82) is 0 Å². The lowest BCUT2D eigenvalue weighted by molar-refractivity contribution is -0.140. The highest BCUT2D eigenvalue weighted by Crippen LogP contribution is 2.33. The Hall–Kier alpha value is -5.75. The van der Waals surface area contributed by atoms with Crippen LogP contribution in [0.25, 0.3) is 22.3 Å². The molecule has 0 aliphatic rings. The van der Waals surface area contributed by atoms with E-state index in [2.05, 4.69) is 15.6 Å². The van der Waals surface area contributed by atoms with Crippen LogP contribution in [-0.2, 0) is 22.7 Å². The van der Waals surface area contributed by atoms with Crippen molar-refractivity contribution in [2.75, 3.05) is 26.6 Å². The topological polar surface area (TPSA) is 121 Å². The number of benzene rings is 4. The summed E-state index contributed by atoms with van der Waals surface area (Å²) in [5, 5.41) is 14.0. The molecule has 0 unspecified atom stereocenters. The second-order valence-corrected chi connectivity index (χ2v) is 11.4. The van der Waals surface area contributed by atoms with Gasteiger partial charge in [0.1, 0.15) is 40.4 Å². The van der Waals surface area contributed by atoms with Gasteiger partial charge in [0.2, 0.25) is 5.91 Å². The smallest absolute Gasteiger partial charge is 0.251 e. The zero-order valence-corrected chi connectivity index (χ0v) is 26.8. The molecule has 0 aliphatic carbocycles. The van der Waals surface area contributed by atoms with Gasteiger partial charge in [0.25, 0.3) is 5.91 Å². The van der Waals surface area contributed by atoms with Crippen molar-refractivity contribution in [3.8, 4) is 28.5 Å². The van der Waals surface area contributed by atoms with Crippen molar-refractivity contribution >= 4 is 39.9 Å². The molecule has 2 heterocycles. The highest BCUT2D eigenvalue weighted by atomic mass is 32.1. The molecule has 0 spiro atoms. The fourth-order valence-corrected chi connectivity index (χ4v) is 6.01. The summed E-state index contributed by atoms with van der Waals surface area (Å²) in [6.45, 7) is -0.0873. The zero-order valence-electron chi connectivity index (χ0n) is 26.0. The van der Waals surface area contributed by atoms with E-state index in [9.17, 15) is 9.59 Å². The molecule has 0 fully saturated rings. The van der Waals surface area contributed by atoms with Crippen LogP contribution >= 0.6 is 11.3 Å². The SMILES string of the molecule is COc1ccc([C@H](C(=O)Nc2ccc(OC)cc2OC)N(Cc2nc(-c3ccccc3)cs2)C(=O)Cn2nnc3ccccc32)cc1. The Balaban J connectivity index is 1.41. The van der Waals surface area contributed by atoms with E-state index in [0.29, 0.717) is 44.5 Å². The number of anilines is 1. The van der Waals surface area contributed by atoms with Crippen LogP contribution in [0.5, 0.6) is 17.2 Å². The number of carbonyl (C=O) groups is 2. The highest BCUT2D eigenvalue weighted by Gasteiger charge is 2.33. The van der Waals surface area contributed by atoms with E-state index in [1.165, 1.54) is 28.0 Å². The van der Waals surface area contributed by atoms with Gasteiger partial charge in [0.15, 0.2) is 0 Å². The summed E-state index contributed by atoms with van der Waals surface area (Å²) in [5.74, 6) is 0.793. The third kappa shape index (κ3) is 6.92. The molecular weight excluding hydrogens is 616 g/mol. The summed E-state index contributed by atoms with van der Waals surface area (Å²) >= 11 is 1.42. The summed E-state index contributed by atoms with van der Waals surface area (Å²) < 4.78 is 17.8. The number of nitrogens with zero attached hydrogens (tertiary/aromatic N) is 5. The number of ether oxygens (including phenoxy) is 3. The molecule has 6 aromatic rings. The second-order valence-electron chi connectivity index (χ2n) is 10.5. The Morgan fingerprint density at radius 3 is 2.34 bits per heavy atom. The van der Waals surface area contributed by atoms with Crippen molar-refractivity contribution < 1.29 is 23.8 Å². The number of para-hydroxylation sites is 1. The minimum absolute atomic E-state index is 0.0623. The zero-order chi connectivity index (χ0) is 32.8. The lowest BCUT2D eigenvalue weighted by Crippen LogP contribution is -2.42. The van der Waals surface area contributed by atoms with Gasteiger partial charge in [-0.1, -0.05) is 59.8 Å². The Morgan fingerprint density at radius 2 is 1.60 bits per heavy atom. The number of carbonyl (C=O) groups excluding carboxylic acids is 2. The molecule has 2 aromatic heterocycles. The molecule has 6 rings (SSSR count). The minimum atomic E-state index is -1.07. The number of hydrogen-bond donors (Lipinski definition) is 1. The van der Waals surface area contributed by atoms with E-state index in [1.54, 1.807) is 56.7 Å². The van der Waals surface area contributed by atoms with Gasteiger partial charge < -0.3 is 24.4 Å². The number of methoxy groups -OCH3 is 3. The number of nitrogens with one attached hydrogen (secondary N) is 1. The largest absolute Gasteiger partial charge is 0.497 e.